The normalized spacial score (nSPS) is 15.7. The largest absolute Gasteiger partial charge is 0.462 e. The van der Waals surface area contributed by atoms with Crippen molar-refractivity contribution >= 4 is 47.3 Å². The van der Waals surface area contributed by atoms with E-state index < -0.39 is 0 Å². The van der Waals surface area contributed by atoms with Crippen LogP contribution in [0.25, 0.3) is 12.2 Å². The van der Waals surface area contributed by atoms with Crippen LogP contribution in [0.4, 0.5) is 5.69 Å². The van der Waals surface area contributed by atoms with Crippen LogP contribution in [-0.2, 0) is 4.79 Å². The van der Waals surface area contributed by atoms with Crippen LogP contribution >= 0.6 is 23.5 Å². The fourth-order valence-corrected chi connectivity index (χ4v) is 5.55. The number of para-hydroxylation sites is 1. The molecule has 0 bridgehead atoms. The van der Waals surface area contributed by atoms with Gasteiger partial charge in [-0.05, 0) is 48.9 Å². The van der Waals surface area contributed by atoms with Crippen molar-refractivity contribution in [3.05, 3.63) is 89.6 Å². The molecule has 33 heavy (non-hydrogen) atoms. The minimum atomic E-state index is -0.0124. The summed E-state index contributed by atoms with van der Waals surface area (Å²) in [6.07, 6.45) is 3.64. The molecule has 5 rings (SSSR count). The van der Waals surface area contributed by atoms with Crippen LogP contribution < -0.4 is 4.90 Å². The fourth-order valence-electron chi connectivity index (χ4n) is 3.72. The van der Waals surface area contributed by atoms with E-state index in [1.807, 2.05) is 66.4 Å². The van der Waals surface area contributed by atoms with Gasteiger partial charge < -0.3 is 9.32 Å². The summed E-state index contributed by atoms with van der Waals surface area (Å²) in [5, 5.41) is 7.68. The number of aryl methyl sites for hydroxylation is 1. The minimum absolute atomic E-state index is 0.0124. The van der Waals surface area contributed by atoms with Crippen molar-refractivity contribution in [2.24, 2.45) is 0 Å². The van der Waals surface area contributed by atoms with E-state index >= 15 is 0 Å². The smallest absolute Gasteiger partial charge is 0.238 e. The van der Waals surface area contributed by atoms with Crippen LogP contribution in [0.2, 0.25) is 0 Å². The van der Waals surface area contributed by atoms with E-state index in [1.165, 1.54) is 11.8 Å². The fraction of sp³-hybridized carbons (Fsp3) is 0.160. The van der Waals surface area contributed by atoms with Gasteiger partial charge in [-0.2, -0.15) is 0 Å². The Labute approximate surface area is 200 Å². The third kappa shape index (κ3) is 4.91. The number of nitrogens with one attached hydrogen (secondary N) is 1. The predicted molar refractivity (Wildman–Crippen MR) is 133 cm³/mol. The van der Waals surface area contributed by atoms with Crippen molar-refractivity contribution in [3.63, 3.8) is 0 Å². The number of aromatic nitrogens is 3. The molecule has 2 aromatic carbocycles. The van der Waals surface area contributed by atoms with Crippen molar-refractivity contribution in [2.45, 2.75) is 23.0 Å². The first-order chi connectivity index (χ1) is 16.2. The number of carbonyl (C=O) groups excluding carboxylic acids is 1. The second-order valence-corrected chi connectivity index (χ2v) is 9.55. The molecule has 1 unspecified atom stereocenters. The number of amides is 1. The number of benzene rings is 2. The zero-order chi connectivity index (χ0) is 22.6. The number of hydrogen-bond acceptors (Lipinski definition) is 6. The van der Waals surface area contributed by atoms with Crippen LogP contribution in [0.1, 0.15) is 29.0 Å². The van der Waals surface area contributed by atoms with E-state index in [4.69, 9.17) is 4.42 Å². The van der Waals surface area contributed by atoms with E-state index in [-0.39, 0.29) is 17.7 Å². The number of H-pyrrole nitrogens is 1. The van der Waals surface area contributed by atoms with E-state index in [2.05, 4.69) is 33.4 Å². The van der Waals surface area contributed by atoms with Crippen LogP contribution in [-0.4, -0.2) is 32.6 Å². The quantitative estimate of drug-likeness (QED) is 0.353. The van der Waals surface area contributed by atoms with Gasteiger partial charge in [0.2, 0.25) is 11.1 Å². The summed E-state index contributed by atoms with van der Waals surface area (Å²) in [4.78, 5) is 21.0. The summed E-state index contributed by atoms with van der Waals surface area (Å²) < 4.78 is 5.53. The van der Waals surface area contributed by atoms with Gasteiger partial charge in [-0.15, -0.1) is 16.9 Å². The highest BCUT2D eigenvalue weighted by Crippen LogP contribution is 2.43. The molecule has 6 nitrogen and oxygen atoms in total. The number of aromatic amines is 1. The molecule has 1 aliphatic heterocycles. The Morgan fingerprint density at radius 1 is 1.15 bits per heavy atom. The minimum Gasteiger partial charge on any atom is -0.462 e. The lowest BCUT2D eigenvalue weighted by Gasteiger charge is -2.37. The molecule has 0 aliphatic carbocycles. The summed E-state index contributed by atoms with van der Waals surface area (Å²) in [7, 11) is 0. The van der Waals surface area contributed by atoms with Crippen molar-refractivity contribution in [2.75, 3.05) is 16.4 Å². The maximum absolute atomic E-state index is 13.4. The first kappa shape index (κ1) is 21.6. The second kappa shape index (κ2) is 9.72. The summed E-state index contributed by atoms with van der Waals surface area (Å²) in [6, 6.07) is 22.1. The van der Waals surface area contributed by atoms with Gasteiger partial charge in [0.05, 0.1) is 17.5 Å². The molecule has 0 saturated carbocycles. The molecule has 0 saturated heterocycles. The van der Waals surface area contributed by atoms with Gasteiger partial charge in [0.15, 0.2) is 0 Å². The lowest BCUT2D eigenvalue weighted by Crippen LogP contribution is -2.39. The Morgan fingerprint density at radius 3 is 2.79 bits per heavy atom. The Hall–Kier alpha value is -3.23. The van der Waals surface area contributed by atoms with Gasteiger partial charge in [0.1, 0.15) is 17.3 Å². The molecule has 0 radical (unpaired) electrons. The molecule has 3 heterocycles. The third-order valence-electron chi connectivity index (χ3n) is 5.26. The third-order valence-corrected chi connectivity index (χ3v) is 7.23. The monoisotopic (exact) mass is 474 g/mol. The van der Waals surface area contributed by atoms with Crippen LogP contribution in [0.15, 0.2) is 81.2 Å². The first-order valence-corrected chi connectivity index (χ1v) is 12.5. The number of fused-ring (bicyclic) bond motifs is 1. The molecule has 8 heteroatoms. The van der Waals surface area contributed by atoms with Crippen LogP contribution in [0.5, 0.6) is 0 Å². The number of carbonyl (C=O) groups is 1. The Balaban J connectivity index is 1.31. The average molecular weight is 475 g/mol. The molecule has 0 fully saturated rings. The summed E-state index contributed by atoms with van der Waals surface area (Å²) in [5.74, 6) is 3.32. The highest BCUT2D eigenvalue weighted by atomic mass is 32.2. The number of thioether (sulfide) groups is 2. The number of anilines is 1. The summed E-state index contributed by atoms with van der Waals surface area (Å²) in [5.41, 5.74) is 2.09. The average Bonchev–Trinajstić information content (AvgIpc) is 3.49. The van der Waals surface area contributed by atoms with Gasteiger partial charge in [-0.25, -0.2) is 4.98 Å². The molecular weight excluding hydrogens is 452 g/mol. The Morgan fingerprint density at radius 2 is 1.97 bits per heavy atom. The zero-order valence-electron chi connectivity index (χ0n) is 18.0. The molecular formula is C25H22N4O2S2. The number of nitrogens with zero attached hydrogens (tertiary/aromatic N) is 3. The molecule has 2 aromatic heterocycles. The predicted octanol–water partition coefficient (Wildman–Crippen LogP) is 5.85. The first-order valence-electron chi connectivity index (χ1n) is 10.6. The van der Waals surface area contributed by atoms with Crippen molar-refractivity contribution in [1.29, 1.82) is 0 Å². The van der Waals surface area contributed by atoms with Gasteiger partial charge >= 0.3 is 0 Å². The standard InChI is InChI=1S/C25H22N4O2S2/c1-17-11-12-19(31-17)13-14-23-26-25(28-27-23)33-16-24(30)29-20-9-5-6-10-22(20)32-15-21(29)18-7-3-2-4-8-18/h2-14,21H,15-16H2,1H3,(H,26,27,28)/b14-13+. The molecule has 0 spiro atoms. The maximum atomic E-state index is 13.4. The van der Waals surface area contributed by atoms with E-state index in [9.17, 15) is 4.79 Å². The van der Waals surface area contributed by atoms with E-state index in [0.29, 0.717) is 11.0 Å². The van der Waals surface area contributed by atoms with Gasteiger partial charge in [0.25, 0.3) is 0 Å². The molecule has 166 valence electrons. The lowest BCUT2D eigenvalue weighted by molar-refractivity contribution is -0.116. The molecule has 1 N–H and O–H groups in total. The number of furan rings is 1. The van der Waals surface area contributed by atoms with E-state index in [1.54, 1.807) is 17.8 Å². The molecule has 1 amide bonds. The molecule has 1 aliphatic rings. The Kier molecular flexibility index (Phi) is 6.37. The topological polar surface area (TPSA) is 75.0 Å². The number of hydrogen-bond donors (Lipinski definition) is 1. The molecule has 4 aromatic rings. The van der Waals surface area contributed by atoms with Gasteiger partial charge in [-0.1, -0.05) is 54.2 Å². The SMILES string of the molecule is Cc1ccc(/C=C/c2nc(SCC(=O)N3c4ccccc4SCC3c3ccccc3)n[nH]2)o1. The van der Waals surface area contributed by atoms with Crippen molar-refractivity contribution in [3.8, 4) is 0 Å². The van der Waals surface area contributed by atoms with Crippen molar-refractivity contribution < 1.29 is 9.21 Å². The van der Waals surface area contributed by atoms with Gasteiger partial charge in [0, 0.05) is 10.6 Å². The van der Waals surface area contributed by atoms with Gasteiger partial charge in [-0.3, -0.25) is 9.89 Å². The summed E-state index contributed by atoms with van der Waals surface area (Å²) >= 11 is 3.12. The second-order valence-electron chi connectivity index (χ2n) is 7.54. The number of rotatable bonds is 6. The van der Waals surface area contributed by atoms with E-state index in [0.717, 1.165) is 33.4 Å². The highest BCUT2D eigenvalue weighted by Gasteiger charge is 2.32. The van der Waals surface area contributed by atoms with Crippen molar-refractivity contribution in [1.82, 2.24) is 15.2 Å². The van der Waals surface area contributed by atoms with Crippen LogP contribution in [0.3, 0.4) is 0 Å². The lowest BCUT2D eigenvalue weighted by atomic mass is 10.1. The zero-order valence-corrected chi connectivity index (χ0v) is 19.6. The summed E-state index contributed by atoms with van der Waals surface area (Å²) in [6.45, 7) is 1.90. The highest BCUT2D eigenvalue weighted by molar-refractivity contribution is 8.00. The maximum Gasteiger partial charge on any atom is 0.238 e. The van der Waals surface area contributed by atoms with Crippen LogP contribution in [0, 0.1) is 6.92 Å². The Bertz CT molecular complexity index is 1280. The molecule has 1 atom stereocenters.